The molecule has 10 heteroatoms. The Kier molecular flexibility index (Phi) is 52.4. The second kappa shape index (κ2) is 54.1. The van der Waals surface area contributed by atoms with Crippen LogP contribution in [-0.4, -0.2) is 69.4 Å². The SMILES string of the molecule is CCCC/C=C\CCCCCCCC(=O)NC(COP(=O)([O-])OCC[N+](C)(C)C)C(/C=C\CCCCCCCCCCCC)OC(=O)CCCCCCCCCCCCCC/C=C\C/C=C\C/C=C\CCCCC. The van der Waals surface area contributed by atoms with Gasteiger partial charge in [0, 0.05) is 12.8 Å². The number of nitrogens with zero attached hydrogens (tertiary/aromatic N) is 1. The van der Waals surface area contributed by atoms with Crippen LogP contribution in [-0.2, 0) is 27.9 Å². The van der Waals surface area contributed by atoms with Crippen molar-refractivity contribution in [3.8, 4) is 0 Å². The van der Waals surface area contributed by atoms with Crippen molar-refractivity contribution in [1.82, 2.24) is 5.32 Å². The molecule has 0 saturated carbocycles. The largest absolute Gasteiger partial charge is 0.756 e. The number of hydrogen-bond acceptors (Lipinski definition) is 7. The molecule has 0 aliphatic carbocycles. The molecule has 0 spiro atoms. The molecule has 0 fully saturated rings. The quantitative estimate of drug-likeness (QED) is 0.0212. The van der Waals surface area contributed by atoms with Gasteiger partial charge in [-0.2, -0.15) is 0 Å². The first-order chi connectivity index (χ1) is 35.9. The van der Waals surface area contributed by atoms with Crippen molar-refractivity contribution < 1.29 is 37.3 Å². The number of likely N-dealkylation sites (N-methyl/N-ethyl adjacent to an activating group) is 1. The summed E-state index contributed by atoms with van der Waals surface area (Å²) in [7, 11) is 1.18. The van der Waals surface area contributed by atoms with Crippen molar-refractivity contribution in [1.29, 1.82) is 0 Å². The highest BCUT2D eigenvalue weighted by Gasteiger charge is 2.27. The molecule has 0 saturated heterocycles. The fraction of sp³-hybridized carbons (Fsp3) is 0.812. The van der Waals surface area contributed by atoms with E-state index in [9.17, 15) is 19.0 Å². The lowest BCUT2D eigenvalue weighted by molar-refractivity contribution is -0.870. The first kappa shape index (κ1) is 71.7. The fourth-order valence-electron chi connectivity index (χ4n) is 8.80. The van der Waals surface area contributed by atoms with E-state index < -0.39 is 26.6 Å². The number of esters is 1. The molecular weight excluding hydrogens is 940 g/mol. The number of carbonyl (C=O) groups excluding carboxylic acids is 2. The molecule has 0 rings (SSSR count). The topological polar surface area (TPSA) is 114 Å². The maximum Gasteiger partial charge on any atom is 0.306 e. The molecule has 0 heterocycles. The van der Waals surface area contributed by atoms with Crippen LogP contribution in [0.2, 0.25) is 0 Å². The zero-order valence-electron chi connectivity index (χ0n) is 49.3. The number of allylic oxidation sites excluding steroid dienone is 9. The summed E-state index contributed by atoms with van der Waals surface area (Å²) < 4.78 is 30.3. The van der Waals surface area contributed by atoms with Crippen LogP contribution < -0.4 is 10.2 Å². The van der Waals surface area contributed by atoms with Crippen LogP contribution in [0.1, 0.15) is 284 Å². The van der Waals surface area contributed by atoms with Crippen molar-refractivity contribution in [3.05, 3.63) is 60.8 Å². The van der Waals surface area contributed by atoms with Crippen molar-refractivity contribution in [2.45, 2.75) is 296 Å². The van der Waals surface area contributed by atoms with Crippen LogP contribution in [0, 0.1) is 0 Å². The van der Waals surface area contributed by atoms with E-state index >= 15 is 0 Å². The Morgan fingerprint density at radius 1 is 0.473 bits per heavy atom. The van der Waals surface area contributed by atoms with Gasteiger partial charge >= 0.3 is 5.97 Å². The van der Waals surface area contributed by atoms with Gasteiger partial charge in [-0.1, -0.05) is 242 Å². The fourth-order valence-corrected chi connectivity index (χ4v) is 9.53. The number of ether oxygens (including phenoxy) is 1. The van der Waals surface area contributed by atoms with E-state index in [1.54, 1.807) is 0 Å². The van der Waals surface area contributed by atoms with Crippen molar-refractivity contribution >= 4 is 19.7 Å². The van der Waals surface area contributed by atoms with Crippen LogP contribution >= 0.6 is 7.82 Å². The molecular formula is C64H119N2O7P. The predicted octanol–water partition coefficient (Wildman–Crippen LogP) is 18.4. The number of phosphoric acid groups is 1. The molecule has 0 aliphatic rings. The standard InChI is InChI=1S/C64H119N2O7P/c1-7-10-13-16-19-22-25-27-28-29-30-31-32-33-34-35-36-37-38-39-42-45-48-51-54-57-64(68)73-62(55-52-49-46-43-41-26-23-20-17-14-11-8-2)61(60-72-74(69,70)71-59-58-66(4,5)6)65-63(67)56-53-50-47-44-40-24-21-18-15-12-9-3/h18-19,21-22,27-28,30-31,52,55,61-62H,7-17,20,23-26,29,32-51,53-54,56-60H2,1-6H3,(H-,65,67,69,70)/b21-18-,22-19-,28-27-,31-30-,55-52-. The average molecular weight is 1060 g/mol. The maximum atomic E-state index is 13.5. The zero-order chi connectivity index (χ0) is 54.3. The van der Waals surface area contributed by atoms with E-state index in [4.69, 9.17) is 13.8 Å². The molecule has 74 heavy (non-hydrogen) atoms. The van der Waals surface area contributed by atoms with Gasteiger partial charge < -0.3 is 28.5 Å². The van der Waals surface area contributed by atoms with E-state index in [0.29, 0.717) is 17.4 Å². The van der Waals surface area contributed by atoms with Crippen LogP contribution in [0.3, 0.4) is 0 Å². The Hall–Kier alpha value is -2.29. The Morgan fingerprint density at radius 2 is 0.838 bits per heavy atom. The average Bonchev–Trinajstić information content (AvgIpc) is 3.36. The third kappa shape index (κ3) is 54.5. The van der Waals surface area contributed by atoms with Crippen molar-refractivity contribution in [3.63, 3.8) is 0 Å². The van der Waals surface area contributed by atoms with Gasteiger partial charge in [-0.05, 0) is 89.5 Å². The molecule has 3 atom stereocenters. The van der Waals surface area contributed by atoms with Crippen LogP contribution in [0.25, 0.3) is 0 Å². The lowest BCUT2D eigenvalue weighted by Crippen LogP contribution is -2.47. The number of hydrogen-bond donors (Lipinski definition) is 1. The van der Waals surface area contributed by atoms with E-state index in [0.717, 1.165) is 96.3 Å². The number of phosphoric ester groups is 1. The molecule has 1 N–H and O–H groups in total. The van der Waals surface area contributed by atoms with Crippen LogP contribution in [0.4, 0.5) is 0 Å². The molecule has 9 nitrogen and oxygen atoms in total. The minimum absolute atomic E-state index is 0.0247. The van der Waals surface area contributed by atoms with Crippen LogP contribution in [0.15, 0.2) is 60.8 Å². The highest BCUT2D eigenvalue weighted by molar-refractivity contribution is 7.45. The number of unbranched alkanes of at least 4 members (excludes halogenated alkanes) is 32. The van der Waals surface area contributed by atoms with Gasteiger partial charge in [-0.15, -0.1) is 0 Å². The molecule has 1 amide bonds. The molecule has 0 bridgehead atoms. The summed E-state index contributed by atoms with van der Waals surface area (Å²) in [5, 5.41) is 3.01. The van der Waals surface area contributed by atoms with Crippen molar-refractivity contribution in [2.24, 2.45) is 0 Å². The third-order valence-electron chi connectivity index (χ3n) is 13.7. The van der Waals surface area contributed by atoms with Gasteiger partial charge in [0.15, 0.2) is 0 Å². The van der Waals surface area contributed by atoms with Gasteiger partial charge in [0.1, 0.15) is 19.3 Å². The van der Waals surface area contributed by atoms with Gasteiger partial charge in [0.25, 0.3) is 7.82 Å². The summed E-state index contributed by atoms with van der Waals surface area (Å²) in [5.41, 5.74) is 0. The number of quaternary nitrogens is 1. The van der Waals surface area contributed by atoms with Gasteiger partial charge in [0.2, 0.25) is 5.91 Å². The summed E-state index contributed by atoms with van der Waals surface area (Å²) in [6, 6.07) is -0.892. The normalized spacial score (nSPS) is 14.1. The zero-order valence-corrected chi connectivity index (χ0v) is 50.2. The van der Waals surface area contributed by atoms with E-state index in [-0.39, 0.29) is 24.9 Å². The van der Waals surface area contributed by atoms with Crippen LogP contribution in [0.5, 0.6) is 0 Å². The highest BCUT2D eigenvalue weighted by Crippen LogP contribution is 2.38. The second-order valence-electron chi connectivity index (χ2n) is 22.2. The molecule has 0 aliphatic heterocycles. The summed E-state index contributed by atoms with van der Waals surface area (Å²) in [5.74, 6) is -0.550. The molecule has 0 aromatic rings. The van der Waals surface area contributed by atoms with Gasteiger partial charge in [-0.25, -0.2) is 0 Å². The summed E-state index contributed by atoms with van der Waals surface area (Å²) in [6.07, 6.45) is 67.7. The minimum atomic E-state index is -4.70. The number of amides is 1. The lowest BCUT2D eigenvalue weighted by atomic mass is 10.0. The van der Waals surface area contributed by atoms with Gasteiger partial charge in [-0.3, -0.25) is 14.2 Å². The lowest BCUT2D eigenvalue weighted by Gasteiger charge is -2.30. The first-order valence-corrected chi connectivity index (χ1v) is 32.6. The molecule has 432 valence electrons. The second-order valence-corrected chi connectivity index (χ2v) is 23.6. The third-order valence-corrected chi connectivity index (χ3v) is 14.6. The Bertz CT molecular complexity index is 1450. The molecule has 3 unspecified atom stereocenters. The highest BCUT2D eigenvalue weighted by atomic mass is 31.2. The first-order valence-electron chi connectivity index (χ1n) is 31.1. The molecule has 0 aromatic carbocycles. The van der Waals surface area contributed by atoms with E-state index in [2.05, 4.69) is 74.7 Å². The smallest absolute Gasteiger partial charge is 0.306 e. The monoisotopic (exact) mass is 1060 g/mol. The number of rotatable bonds is 56. The maximum absolute atomic E-state index is 13.5. The summed E-state index contributed by atoms with van der Waals surface area (Å²) >= 11 is 0. The molecule has 0 aromatic heterocycles. The van der Waals surface area contributed by atoms with Gasteiger partial charge in [0.05, 0.1) is 33.8 Å². The van der Waals surface area contributed by atoms with E-state index in [1.807, 2.05) is 33.3 Å². The Morgan fingerprint density at radius 3 is 1.31 bits per heavy atom. The van der Waals surface area contributed by atoms with Crippen molar-refractivity contribution in [2.75, 3.05) is 40.9 Å². The summed E-state index contributed by atoms with van der Waals surface area (Å²) in [4.78, 5) is 39.9. The number of carbonyl (C=O) groups is 2. The minimum Gasteiger partial charge on any atom is -0.756 e. The predicted molar refractivity (Wildman–Crippen MR) is 316 cm³/mol. The molecule has 0 radical (unpaired) electrons. The van der Waals surface area contributed by atoms with E-state index in [1.165, 1.54) is 154 Å². The Balaban J connectivity index is 5.08. The Labute approximate surface area is 458 Å². The summed E-state index contributed by atoms with van der Waals surface area (Å²) in [6.45, 7) is 6.78. The number of nitrogens with one attached hydrogen (secondary N) is 1.